The Morgan fingerprint density at radius 1 is 1.05 bits per heavy atom. The summed E-state index contributed by atoms with van der Waals surface area (Å²) in [5, 5.41) is 17.4. The van der Waals surface area contributed by atoms with E-state index < -0.39 is 5.60 Å². The Morgan fingerprint density at radius 3 is 2.44 bits per heavy atom. The van der Waals surface area contributed by atoms with Crippen molar-refractivity contribution in [2.24, 2.45) is 0 Å². The SMILES string of the molecule is CCc1ncc(Nc2ccc(N3CCC(N4CCN(C)CC4)CC3)cc2OC)nc1N[C@H]1CC[C@@](C)(O)CC1. The van der Waals surface area contributed by atoms with Gasteiger partial charge in [0.1, 0.15) is 11.6 Å². The summed E-state index contributed by atoms with van der Waals surface area (Å²) in [4.78, 5) is 17.2. The fraction of sp³-hybridized carbons (Fsp3) is 0.667. The zero-order chi connectivity index (χ0) is 27.4. The van der Waals surface area contributed by atoms with Gasteiger partial charge in [0.05, 0.1) is 30.3 Å². The highest BCUT2D eigenvalue weighted by Crippen LogP contribution is 2.34. The summed E-state index contributed by atoms with van der Waals surface area (Å²) in [5.41, 5.74) is 2.49. The molecule has 0 atom stereocenters. The minimum Gasteiger partial charge on any atom is -0.494 e. The van der Waals surface area contributed by atoms with E-state index in [2.05, 4.69) is 57.5 Å². The molecule has 0 spiro atoms. The van der Waals surface area contributed by atoms with E-state index in [9.17, 15) is 5.11 Å². The summed E-state index contributed by atoms with van der Waals surface area (Å²) in [6, 6.07) is 7.41. The number of anilines is 4. The van der Waals surface area contributed by atoms with Crippen LogP contribution in [-0.2, 0) is 6.42 Å². The second-order valence-corrected chi connectivity index (χ2v) is 11.9. The Balaban J connectivity index is 1.22. The van der Waals surface area contributed by atoms with Gasteiger partial charge < -0.3 is 30.3 Å². The van der Waals surface area contributed by atoms with E-state index in [-0.39, 0.29) is 0 Å². The first kappa shape index (κ1) is 27.9. The topological polar surface area (TPSA) is 89.0 Å². The van der Waals surface area contributed by atoms with E-state index in [0.717, 1.165) is 68.1 Å². The molecule has 2 saturated heterocycles. The Morgan fingerprint density at radius 2 is 1.77 bits per heavy atom. The molecule has 3 heterocycles. The maximum absolute atomic E-state index is 10.3. The van der Waals surface area contributed by atoms with Crippen molar-refractivity contribution >= 4 is 23.0 Å². The molecule has 9 heteroatoms. The molecule has 0 unspecified atom stereocenters. The lowest BCUT2D eigenvalue weighted by Crippen LogP contribution is -2.52. The molecule has 0 radical (unpaired) electrons. The summed E-state index contributed by atoms with van der Waals surface area (Å²) >= 11 is 0. The Kier molecular flexibility index (Phi) is 8.79. The summed E-state index contributed by atoms with van der Waals surface area (Å²) in [5.74, 6) is 2.32. The predicted molar refractivity (Wildman–Crippen MR) is 158 cm³/mol. The predicted octanol–water partition coefficient (Wildman–Crippen LogP) is 4.11. The van der Waals surface area contributed by atoms with Gasteiger partial charge in [0, 0.05) is 63.1 Å². The molecule has 1 aliphatic carbocycles. The summed E-state index contributed by atoms with van der Waals surface area (Å²) < 4.78 is 5.80. The number of nitrogens with one attached hydrogen (secondary N) is 2. The lowest BCUT2D eigenvalue weighted by molar-refractivity contribution is 0.0196. The van der Waals surface area contributed by atoms with Crippen molar-refractivity contribution in [1.82, 2.24) is 19.8 Å². The van der Waals surface area contributed by atoms with Gasteiger partial charge in [0.25, 0.3) is 0 Å². The second-order valence-electron chi connectivity index (χ2n) is 11.9. The van der Waals surface area contributed by atoms with Crippen LogP contribution in [0.5, 0.6) is 5.75 Å². The van der Waals surface area contributed by atoms with Crippen LogP contribution in [0, 0.1) is 0 Å². The van der Waals surface area contributed by atoms with E-state index in [1.165, 1.54) is 44.7 Å². The molecule has 2 aliphatic heterocycles. The van der Waals surface area contributed by atoms with Crippen molar-refractivity contribution in [3.63, 3.8) is 0 Å². The van der Waals surface area contributed by atoms with Gasteiger partial charge in [0.15, 0.2) is 5.82 Å². The molecule has 0 amide bonds. The van der Waals surface area contributed by atoms with Gasteiger partial charge in [-0.2, -0.15) is 0 Å². The van der Waals surface area contributed by atoms with E-state index >= 15 is 0 Å². The third-order valence-electron chi connectivity index (χ3n) is 8.92. The lowest BCUT2D eigenvalue weighted by Gasteiger charge is -2.42. The molecule has 3 aliphatic rings. The molecule has 2 aromatic rings. The highest BCUT2D eigenvalue weighted by Gasteiger charge is 2.29. The number of methoxy groups -OCH3 is 1. The van der Waals surface area contributed by atoms with Crippen molar-refractivity contribution in [1.29, 1.82) is 0 Å². The number of hydrogen-bond donors (Lipinski definition) is 3. The second kappa shape index (κ2) is 12.3. The first-order valence-corrected chi connectivity index (χ1v) is 14.8. The number of benzene rings is 1. The zero-order valence-electron chi connectivity index (χ0n) is 24.2. The molecular weight excluding hydrogens is 490 g/mol. The van der Waals surface area contributed by atoms with Crippen LogP contribution in [0.2, 0.25) is 0 Å². The zero-order valence-corrected chi connectivity index (χ0v) is 24.2. The number of aryl methyl sites for hydroxylation is 1. The van der Waals surface area contributed by atoms with Crippen LogP contribution < -0.4 is 20.3 Å². The minimum atomic E-state index is -0.552. The number of aliphatic hydroxyl groups is 1. The third kappa shape index (κ3) is 6.94. The smallest absolute Gasteiger partial charge is 0.151 e. The van der Waals surface area contributed by atoms with Crippen molar-refractivity contribution in [2.45, 2.75) is 76.5 Å². The fourth-order valence-electron chi connectivity index (χ4n) is 6.22. The average Bonchev–Trinajstić information content (AvgIpc) is 2.95. The third-order valence-corrected chi connectivity index (χ3v) is 8.92. The molecule has 3 fully saturated rings. The summed E-state index contributed by atoms with van der Waals surface area (Å²) in [7, 11) is 3.94. The number of aromatic nitrogens is 2. The number of nitrogens with zero attached hydrogens (tertiary/aromatic N) is 5. The Hall–Kier alpha value is -2.62. The number of ether oxygens (including phenoxy) is 1. The van der Waals surface area contributed by atoms with E-state index in [0.29, 0.717) is 17.9 Å². The number of rotatable bonds is 8. The van der Waals surface area contributed by atoms with Gasteiger partial charge in [0.2, 0.25) is 0 Å². The van der Waals surface area contributed by atoms with Gasteiger partial charge in [-0.25, -0.2) is 4.98 Å². The summed E-state index contributed by atoms with van der Waals surface area (Å²) in [6.07, 6.45) is 8.48. The molecule has 5 rings (SSSR count). The van der Waals surface area contributed by atoms with Crippen LogP contribution >= 0.6 is 0 Å². The van der Waals surface area contributed by atoms with E-state index in [1.54, 1.807) is 13.3 Å². The normalized spacial score (nSPS) is 25.5. The molecule has 3 N–H and O–H groups in total. The van der Waals surface area contributed by atoms with Crippen LogP contribution in [0.15, 0.2) is 24.4 Å². The largest absolute Gasteiger partial charge is 0.494 e. The highest BCUT2D eigenvalue weighted by atomic mass is 16.5. The molecule has 0 bridgehead atoms. The van der Waals surface area contributed by atoms with Gasteiger partial charge in [-0.1, -0.05) is 6.92 Å². The number of piperidine rings is 1. The number of likely N-dealkylation sites (N-methyl/N-ethyl adjacent to an activating group) is 1. The lowest BCUT2D eigenvalue weighted by atomic mass is 9.83. The molecule has 1 aromatic heterocycles. The fourth-order valence-corrected chi connectivity index (χ4v) is 6.22. The maximum Gasteiger partial charge on any atom is 0.151 e. The van der Waals surface area contributed by atoms with Crippen LogP contribution in [0.25, 0.3) is 0 Å². The van der Waals surface area contributed by atoms with Gasteiger partial charge in [-0.15, -0.1) is 0 Å². The molecule has 1 aromatic carbocycles. The van der Waals surface area contributed by atoms with Crippen LogP contribution in [0.1, 0.15) is 58.1 Å². The monoisotopic (exact) mass is 537 g/mol. The van der Waals surface area contributed by atoms with Gasteiger partial charge >= 0.3 is 0 Å². The molecular formula is C30H47N7O2. The Bertz CT molecular complexity index is 1080. The first-order valence-electron chi connectivity index (χ1n) is 14.8. The van der Waals surface area contributed by atoms with Crippen LogP contribution in [0.4, 0.5) is 23.0 Å². The Labute approximate surface area is 233 Å². The molecule has 9 nitrogen and oxygen atoms in total. The number of hydrogen-bond acceptors (Lipinski definition) is 9. The van der Waals surface area contributed by atoms with E-state index in [1.807, 2.05) is 6.92 Å². The molecule has 214 valence electrons. The average molecular weight is 538 g/mol. The van der Waals surface area contributed by atoms with Crippen LogP contribution in [0.3, 0.4) is 0 Å². The minimum absolute atomic E-state index is 0.300. The first-order chi connectivity index (χ1) is 18.8. The summed E-state index contributed by atoms with van der Waals surface area (Å²) in [6.45, 7) is 10.9. The van der Waals surface area contributed by atoms with Gasteiger partial charge in [-0.3, -0.25) is 9.88 Å². The molecule has 1 saturated carbocycles. The van der Waals surface area contributed by atoms with Gasteiger partial charge in [-0.05, 0) is 71.0 Å². The van der Waals surface area contributed by atoms with Crippen molar-refractivity contribution in [3.05, 3.63) is 30.1 Å². The molecule has 39 heavy (non-hydrogen) atoms. The van der Waals surface area contributed by atoms with E-state index in [4.69, 9.17) is 14.7 Å². The maximum atomic E-state index is 10.3. The standard InChI is InChI=1S/C30H47N7O2/c1-5-25-29(32-22-8-12-30(2,38)13-9-22)34-28(21-31-25)33-26-7-6-24(20-27(26)39-4)36-14-10-23(11-15-36)37-18-16-35(3)17-19-37/h6-7,20-23,38H,5,8-19H2,1-4H3,(H2,32,33,34)/t22-,30+. The number of piperazine rings is 1. The highest BCUT2D eigenvalue weighted by molar-refractivity contribution is 5.69. The van der Waals surface area contributed by atoms with Crippen molar-refractivity contribution in [2.75, 3.05) is 69.0 Å². The quantitative estimate of drug-likeness (QED) is 0.460. The van der Waals surface area contributed by atoms with Crippen molar-refractivity contribution in [3.8, 4) is 5.75 Å². The van der Waals surface area contributed by atoms with Crippen molar-refractivity contribution < 1.29 is 9.84 Å². The van der Waals surface area contributed by atoms with Crippen LogP contribution in [-0.4, -0.2) is 96.0 Å².